The normalized spacial score (nSPS) is 33.5. The van der Waals surface area contributed by atoms with Gasteiger partial charge < -0.3 is 0 Å². The van der Waals surface area contributed by atoms with Gasteiger partial charge in [-0.25, -0.2) is 0 Å². The van der Waals surface area contributed by atoms with E-state index in [0.29, 0.717) is 5.92 Å². The van der Waals surface area contributed by atoms with Gasteiger partial charge in [-0.1, -0.05) is 68.5 Å². The molecule has 4 unspecified atom stereocenters. The SMILES string of the molecule is CC1NC(C2=CCCC=C2)NC(C2=CC=C3c4ccccc4C(C)(C)C3C2)N1. The highest BCUT2D eigenvalue weighted by molar-refractivity contribution is 5.80. The summed E-state index contributed by atoms with van der Waals surface area (Å²) in [6.07, 6.45) is 15.7. The quantitative estimate of drug-likeness (QED) is 0.721. The molecule has 28 heavy (non-hydrogen) atoms. The number of hydrogen-bond donors (Lipinski definition) is 3. The van der Waals surface area contributed by atoms with E-state index in [-0.39, 0.29) is 23.9 Å². The van der Waals surface area contributed by atoms with Crippen LogP contribution in [0.15, 0.2) is 65.8 Å². The van der Waals surface area contributed by atoms with E-state index in [4.69, 9.17) is 0 Å². The summed E-state index contributed by atoms with van der Waals surface area (Å²) < 4.78 is 0. The van der Waals surface area contributed by atoms with Crippen molar-refractivity contribution in [2.45, 2.75) is 63.9 Å². The van der Waals surface area contributed by atoms with Gasteiger partial charge in [0.15, 0.2) is 0 Å². The Labute approximate surface area is 168 Å². The fourth-order valence-corrected chi connectivity index (χ4v) is 5.41. The standard InChI is InChI=1S/C25H31N3/c1-16-26-23(17-9-5-4-6-10-17)28-24(27-16)18-13-14-20-19-11-7-8-12-21(19)25(2,3)22(20)15-18/h5,7-14,16,22-24,26-28H,4,6,15H2,1-3H3. The highest BCUT2D eigenvalue weighted by atomic mass is 15.3. The van der Waals surface area contributed by atoms with Crippen LogP contribution in [-0.2, 0) is 5.41 Å². The highest BCUT2D eigenvalue weighted by Gasteiger charge is 2.44. The smallest absolute Gasteiger partial charge is 0.0858 e. The van der Waals surface area contributed by atoms with E-state index in [2.05, 4.69) is 91.4 Å². The van der Waals surface area contributed by atoms with E-state index in [9.17, 15) is 0 Å². The lowest BCUT2D eigenvalue weighted by atomic mass is 9.72. The fraction of sp³-hybridized carbons (Fsp3) is 0.440. The Kier molecular flexibility index (Phi) is 4.42. The summed E-state index contributed by atoms with van der Waals surface area (Å²) in [7, 11) is 0. The van der Waals surface area contributed by atoms with Crippen LogP contribution in [-0.4, -0.2) is 18.5 Å². The third-order valence-corrected chi connectivity index (χ3v) is 6.99. The Bertz CT molecular complexity index is 902. The minimum atomic E-state index is 0.175. The van der Waals surface area contributed by atoms with Gasteiger partial charge in [-0.15, -0.1) is 0 Å². The maximum Gasteiger partial charge on any atom is 0.0858 e. The number of fused-ring (bicyclic) bond motifs is 3. The van der Waals surface area contributed by atoms with Gasteiger partial charge in [0.25, 0.3) is 0 Å². The minimum Gasteiger partial charge on any atom is -0.283 e. The van der Waals surface area contributed by atoms with Crippen molar-refractivity contribution in [1.29, 1.82) is 0 Å². The van der Waals surface area contributed by atoms with Crippen molar-refractivity contribution >= 4 is 5.57 Å². The first-order valence-electron chi connectivity index (χ1n) is 10.7. The summed E-state index contributed by atoms with van der Waals surface area (Å²) >= 11 is 0. The van der Waals surface area contributed by atoms with Crippen LogP contribution < -0.4 is 16.0 Å². The van der Waals surface area contributed by atoms with Crippen LogP contribution in [0.3, 0.4) is 0 Å². The van der Waals surface area contributed by atoms with Gasteiger partial charge in [0.1, 0.15) is 0 Å². The molecule has 0 bridgehead atoms. The second-order valence-corrected chi connectivity index (χ2v) is 9.16. The molecule has 3 N–H and O–H groups in total. The molecule has 4 aliphatic rings. The van der Waals surface area contributed by atoms with Crippen molar-refractivity contribution in [3.05, 3.63) is 76.9 Å². The molecule has 0 radical (unpaired) electrons. The second kappa shape index (κ2) is 6.84. The Morgan fingerprint density at radius 1 is 0.964 bits per heavy atom. The van der Waals surface area contributed by atoms with Gasteiger partial charge in [0, 0.05) is 0 Å². The molecule has 0 aromatic heterocycles. The van der Waals surface area contributed by atoms with Gasteiger partial charge >= 0.3 is 0 Å². The summed E-state index contributed by atoms with van der Waals surface area (Å²) in [5.41, 5.74) is 7.47. The zero-order valence-corrected chi connectivity index (χ0v) is 17.1. The lowest BCUT2D eigenvalue weighted by molar-refractivity contribution is 0.245. The number of allylic oxidation sites excluding steroid dienone is 5. The number of rotatable bonds is 2. The Hall–Kier alpha value is -1.94. The molecular formula is C25H31N3. The minimum absolute atomic E-state index is 0.175. The zero-order valence-electron chi connectivity index (χ0n) is 17.1. The van der Waals surface area contributed by atoms with Crippen LogP contribution in [0.2, 0.25) is 0 Å². The van der Waals surface area contributed by atoms with E-state index in [1.807, 2.05) is 0 Å². The van der Waals surface area contributed by atoms with Crippen LogP contribution in [0, 0.1) is 5.92 Å². The lowest BCUT2D eigenvalue weighted by Crippen LogP contribution is -2.67. The van der Waals surface area contributed by atoms with Crippen molar-refractivity contribution in [1.82, 2.24) is 16.0 Å². The molecule has 0 amide bonds. The Morgan fingerprint density at radius 3 is 2.61 bits per heavy atom. The maximum atomic E-state index is 3.81. The molecule has 1 aromatic carbocycles. The molecule has 146 valence electrons. The van der Waals surface area contributed by atoms with Crippen LogP contribution in [0.1, 0.15) is 51.2 Å². The van der Waals surface area contributed by atoms with Crippen LogP contribution in [0.5, 0.6) is 0 Å². The first kappa shape index (κ1) is 18.1. The fourth-order valence-electron chi connectivity index (χ4n) is 5.41. The molecule has 5 rings (SSSR count). The summed E-state index contributed by atoms with van der Waals surface area (Å²) in [6, 6.07) is 8.96. The van der Waals surface area contributed by atoms with Crippen molar-refractivity contribution in [3.8, 4) is 0 Å². The largest absolute Gasteiger partial charge is 0.283 e. The molecule has 4 atom stereocenters. The third kappa shape index (κ3) is 2.93. The van der Waals surface area contributed by atoms with Crippen molar-refractivity contribution < 1.29 is 0 Å². The second-order valence-electron chi connectivity index (χ2n) is 9.16. The monoisotopic (exact) mass is 373 g/mol. The number of hydrogen-bond acceptors (Lipinski definition) is 3. The van der Waals surface area contributed by atoms with E-state index in [1.54, 1.807) is 0 Å². The third-order valence-electron chi connectivity index (χ3n) is 6.99. The van der Waals surface area contributed by atoms with Gasteiger partial charge in [-0.05, 0) is 65.4 Å². The topological polar surface area (TPSA) is 36.1 Å². The summed E-state index contributed by atoms with van der Waals surface area (Å²) in [5, 5.41) is 11.2. The molecule has 0 saturated carbocycles. The van der Waals surface area contributed by atoms with Gasteiger partial charge in [-0.2, -0.15) is 0 Å². The zero-order chi connectivity index (χ0) is 19.3. The average molecular weight is 374 g/mol. The highest BCUT2D eigenvalue weighted by Crippen LogP contribution is 2.53. The molecule has 1 aliphatic heterocycles. The molecule has 0 spiro atoms. The molecule has 1 saturated heterocycles. The predicted molar refractivity (Wildman–Crippen MR) is 117 cm³/mol. The summed E-state index contributed by atoms with van der Waals surface area (Å²) in [6.45, 7) is 7.03. The van der Waals surface area contributed by atoms with Gasteiger partial charge in [0.2, 0.25) is 0 Å². The Morgan fingerprint density at radius 2 is 1.79 bits per heavy atom. The van der Waals surface area contributed by atoms with Gasteiger partial charge in [0.05, 0.1) is 18.5 Å². The van der Waals surface area contributed by atoms with E-state index in [1.165, 1.54) is 27.8 Å². The Balaban J connectivity index is 1.42. The number of nitrogens with one attached hydrogen (secondary N) is 3. The molecule has 3 heteroatoms. The van der Waals surface area contributed by atoms with Crippen molar-refractivity contribution in [2.24, 2.45) is 5.92 Å². The molecule has 1 fully saturated rings. The van der Waals surface area contributed by atoms with E-state index < -0.39 is 0 Å². The maximum absolute atomic E-state index is 3.81. The molecule has 3 nitrogen and oxygen atoms in total. The molecule has 1 heterocycles. The lowest BCUT2D eigenvalue weighted by Gasteiger charge is -2.41. The first-order valence-corrected chi connectivity index (χ1v) is 10.7. The van der Waals surface area contributed by atoms with E-state index >= 15 is 0 Å². The van der Waals surface area contributed by atoms with Crippen molar-refractivity contribution in [2.75, 3.05) is 0 Å². The summed E-state index contributed by atoms with van der Waals surface area (Å²) in [5.74, 6) is 0.547. The molecule has 1 aromatic rings. The molecule has 3 aliphatic carbocycles. The molecular weight excluding hydrogens is 342 g/mol. The van der Waals surface area contributed by atoms with Gasteiger partial charge in [-0.3, -0.25) is 16.0 Å². The average Bonchev–Trinajstić information content (AvgIpc) is 2.95. The van der Waals surface area contributed by atoms with Crippen LogP contribution in [0.25, 0.3) is 5.57 Å². The predicted octanol–water partition coefficient (Wildman–Crippen LogP) is 4.36. The van der Waals surface area contributed by atoms with Crippen molar-refractivity contribution in [3.63, 3.8) is 0 Å². The summed E-state index contributed by atoms with van der Waals surface area (Å²) in [4.78, 5) is 0. The van der Waals surface area contributed by atoms with Crippen LogP contribution >= 0.6 is 0 Å². The van der Waals surface area contributed by atoms with E-state index in [0.717, 1.165) is 19.3 Å². The first-order chi connectivity index (χ1) is 13.5. The van der Waals surface area contributed by atoms with Crippen LogP contribution in [0.4, 0.5) is 0 Å². The number of benzene rings is 1.